The van der Waals surface area contributed by atoms with Crippen LogP contribution in [0.25, 0.3) is 0 Å². The largest absolute Gasteiger partial charge is 0.468 e. The lowest BCUT2D eigenvalue weighted by atomic mass is 10.0. The molecular weight excluding hydrogens is 350 g/mol. The Labute approximate surface area is 157 Å². The van der Waals surface area contributed by atoms with Crippen LogP contribution >= 0.6 is 11.3 Å². The van der Waals surface area contributed by atoms with Gasteiger partial charge in [0, 0.05) is 26.2 Å². The molecule has 0 saturated carbocycles. The number of nitrogens with zero attached hydrogens (tertiary/aromatic N) is 2. The van der Waals surface area contributed by atoms with Gasteiger partial charge in [0.05, 0.1) is 17.7 Å². The number of piperazine rings is 1. The second kappa shape index (κ2) is 8.51. The van der Waals surface area contributed by atoms with Crippen molar-refractivity contribution in [2.45, 2.75) is 26.4 Å². The lowest BCUT2D eigenvalue weighted by Crippen LogP contribution is -2.56. The molecule has 0 aliphatic carbocycles. The molecule has 1 N–H and O–H groups in total. The molecule has 1 unspecified atom stereocenters. The lowest BCUT2D eigenvalue weighted by Gasteiger charge is -2.37. The summed E-state index contributed by atoms with van der Waals surface area (Å²) in [6, 6.07) is 6.96. The van der Waals surface area contributed by atoms with Crippen LogP contribution in [0.3, 0.4) is 0 Å². The Morgan fingerprint density at radius 1 is 1.19 bits per heavy atom. The topological polar surface area (TPSA) is 65.8 Å². The van der Waals surface area contributed by atoms with Crippen LogP contribution in [0, 0.1) is 5.92 Å². The van der Waals surface area contributed by atoms with Gasteiger partial charge in [0.1, 0.15) is 11.8 Å². The number of thiophene rings is 1. The van der Waals surface area contributed by atoms with Gasteiger partial charge in [-0.3, -0.25) is 14.5 Å². The molecule has 7 heteroatoms. The van der Waals surface area contributed by atoms with Gasteiger partial charge in [-0.25, -0.2) is 0 Å². The zero-order valence-electron chi connectivity index (χ0n) is 15.2. The molecule has 3 rings (SSSR count). The van der Waals surface area contributed by atoms with Crippen molar-refractivity contribution in [2.24, 2.45) is 5.92 Å². The summed E-state index contributed by atoms with van der Waals surface area (Å²) >= 11 is 1.38. The highest BCUT2D eigenvalue weighted by atomic mass is 32.1. The highest BCUT2D eigenvalue weighted by Gasteiger charge is 2.31. The Balaban J connectivity index is 1.55. The molecule has 6 nitrogen and oxygen atoms in total. The van der Waals surface area contributed by atoms with Gasteiger partial charge in [-0.15, -0.1) is 11.3 Å². The first kappa shape index (κ1) is 18.7. The Morgan fingerprint density at radius 2 is 1.96 bits per heavy atom. The number of nitrogens with one attached hydrogen (secondary N) is 1. The second-order valence-electron chi connectivity index (χ2n) is 6.85. The molecule has 1 atom stereocenters. The smallest absolute Gasteiger partial charge is 0.262 e. The Hall–Kier alpha value is -2.12. The van der Waals surface area contributed by atoms with Crippen LogP contribution in [-0.4, -0.2) is 53.8 Å². The van der Waals surface area contributed by atoms with E-state index in [0.717, 1.165) is 25.4 Å². The number of carbonyl (C=O) groups excluding carboxylic acids is 2. The van der Waals surface area contributed by atoms with Gasteiger partial charge in [0.25, 0.3) is 5.91 Å². The third kappa shape index (κ3) is 4.53. The predicted octanol–water partition coefficient (Wildman–Crippen LogP) is 2.44. The van der Waals surface area contributed by atoms with Gasteiger partial charge >= 0.3 is 0 Å². The minimum atomic E-state index is -0.499. The van der Waals surface area contributed by atoms with Crippen molar-refractivity contribution < 1.29 is 14.0 Å². The minimum absolute atomic E-state index is 0.00237. The summed E-state index contributed by atoms with van der Waals surface area (Å²) in [6.07, 6.45) is 1.68. The minimum Gasteiger partial charge on any atom is -0.468 e. The Kier molecular flexibility index (Phi) is 6.11. The van der Waals surface area contributed by atoms with Crippen LogP contribution in [0.4, 0.5) is 0 Å². The second-order valence-corrected chi connectivity index (χ2v) is 7.80. The number of furan rings is 1. The van der Waals surface area contributed by atoms with Gasteiger partial charge < -0.3 is 14.6 Å². The number of hydrogen-bond donors (Lipinski definition) is 1. The molecule has 1 saturated heterocycles. The average Bonchev–Trinajstić information content (AvgIpc) is 3.33. The van der Waals surface area contributed by atoms with Crippen molar-refractivity contribution in [3.63, 3.8) is 0 Å². The summed E-state index contributed by atoms with van der Waals surface area (Å²) in [5.41, 5.74) is 0. The zero-order valence-corrected chi connectivity index (χ0v) is 16.0. The first-order valence-electron chi connectivity index (χ1n) is 8.92. The SMILES string of the molecule is CC(C)C(NC(=O)c1cccs1)C(=O)N1CCN(Cc2ccco2)CC1. The van der Waals surface area contributed by atoms with Crippen LogP contribution in [0.2, 0.25) is 0 Å². The fourth-order valence-electron chi connectivity index (χ4n) is 3.08. The van der Waals surface area contributed by atoms with Crippen molar-refractivity contribution in [1.29, 1.82) is 0 Å². The quantitative estimate of drug-likeness (QED) is 0.842. The first-order chi connectivity index (χ1) is 12.5. The zero-order chi connectivity index (χ0) is 18.5. The van der Waals surface area contributed by atoms with Gasteiger partial charge in [-0.2, -0.15) is 0 Å². The lowest BCUT2D eigenvalue weighted by molar-refractivity contribution is -0.136. The van der Waals surface area contributed by atoms with Crippen LogP contribution in [0.15, 0.2) is 40.3 Å². The fraction of sp³-hybridized carbons (Fsp3) is 0.474. The standard InChI is InChI=1S/C19H25N3O3S/c1-14(2)17(20-18(23)16-6-4-12-26-16)19(24)22-9-7-21(8-10-22)13-15-5-3-11-25-15/h3-6,11-12,14,17H,7-10,13H2,1-2H3,(H,20,23). The van der Waals surface area contributed by atoms with Crippen molar-refractivity contribution >= 4 is 23.2 Å². The third-order valence-electron chi connectivity index (χ3n) is 4.61. The van der Waals surface area contributed by atoms with Crippen LogP contribution in [0.1, 0.15) is 29.3 Å². The monoisotopic (exact) mass is 375 g/mol. The van der Waals surface area contributed by atoms with Gasteiger partial charge in [0.2, 0.25) is 5.91 Å². The molecule has 3 heterocycles. The maximum absolute atomic E-state index is 12.9. The first-order valence-corrected chi connectivity index (χ1v) is 9.80. The molecule has 140 valence electrons. The van der Waals surface area contributed by atoms with Gasteiger partial charge in [0.15, 0.2) is 0 Å². The highest BCUT2D eigenvalue weighted by Crippen LogP contribution is 2.14. The van der Waals surface area contributed by atoms with Crippen molar-refractivity contribution in [3.8, 4) is 0 Å². The van der Waals surface area contributed by atoms with E-state index in [1.54, 1.807) is 12.3 Å². The average molecular weight is 375 g/mol. The molecule has 1 aliphatic rings. The van der Waals surface area contributed by atoms with E-state index in [4.69, 9.17) is 4.42 Å². The fourth-order valence-corrected chi connectivity index (χ4v) is 3.71. The van der Waals surface area contributed by atoms with E-state index in [1.807, 2.05) is 42.3 Å². The number of hydrogen-bond acceptors (Lipinski definition) is 5. The summed E-state index contributed by atoms with van der Waals surface area (Å²) < 4.78 is 5.39. The molecule has 0 spiro atoms. The van der Waals surface area contributed by atoms with Gasteiger partial charge in [-0.05, 0) is 29.5 Å². The molecule has 0 radical (unpaired) electrons. The van der Waals surface area contributed by atoms with E-state index >= 15 is 0 Å². The maximum atomic E-state index is 12.9. The maximum Gasteiger partial charge on any atom is 0.262 e. The summed E-state index contributed by atoms with van der Waals surface area (Å²) in [7, 11) is 0. The number of carbonyl (C=O) groups is 2. The van der Waals surface area contributed by atoms with E-state index < -0.39 is 6.04 Å². The molecule has 1 fully saturated rings. The van der Waals surface area contributed by atoms with Crippen LogP contribution in [-0.2, 0) is 11.3 Å². The van der Waals surface area contributed by atoms with Crippen molar-refractivity contribution in [1.82, 2.24) is 15.1 Å². The summed E-state index contributed by atoms with van der Waals surface area (Å²) in [4.78, 5) is 30.1. The molecule has 0 bridgehead atoms. The van der Waals surface area contributed by atoms with E-state index in [1.165, 1.54) is 11.3 Å². The van der Waals surface area contributed by atoms with Crippen molar-refractivity contribution in [2.75, 3.05) is 26.2 Å². The number of amides is 2. The van der Waals surface area contributed by atoms with E-state index in [-0.39, 0.29) is 17.7 Å². The molecule has 2 amide bonds. The van der Waals surface area contributed by atoms with E-state index in [9.17, 15) is 9.59 Å². The summed E-state index contributed by atoms with van der Waals surface area (Å²) in [6.45, 7) is 7.62. The molecular formula is C19H25N3O3S. The van der Waals surface area contributed by atoms with E-state index in [0.29, 0.717) is 18.0 Å². The summed E-state index contributed by atoms with van der Waals surface area (Å²) in [5, 5.41) is 4.78. The van der Waals surface area contributed by atoms with Gasteiger partial charge in [-0.1, -0.05) is 19.9 Å². The molecule has 2 aromatic rings. The number of rotatable bonds is 6. The van der Waals surface area contributed by atoms with Crippen molar-refractivity contribution in [3.05, 3.63) is 46.5 Å². The normalized spacial score (nSPS) is 16.7. The predicted molar refractivity (Wildman–Crippen MR) is 101 cm³/mol. The molecule has 1 aliphatic heterocycles. The van der Waals surface area contributed by atoms with Crippen LogP contribution < -0.4 is 5.32 Å². The molecule has 26 heavy (non-hydrogen) atoms. The Morgan fingerprint density at radius 3 is 2.54 bits per heavy atom. The third-order valence-corrected chi connectivity index (χ3v) is 5.48. The molecule has 2 aromatic heterocycles. The molecule has 0 aromatic carbocycles. The van der Waals surface area contributed by atoms with E-state index in [2.05, 4.69) is 10.2 Å². The highest BCUT2D eigenvalue weighted by molar-refractivity contribution is 7.12. The van der Waals surface area contributed by atoms with Crippen LogP contribution in [0.5, 0.6) is 0 Å². The summed E-state index contributed by atoms with van der Waals surface area (Å²) in [5.74, 6) is 0.798. The Bertz CT molecular complexity index is 704.